The van der Waals surface area contributed by atoms with E-state index in [2.05, 4.69) is 5.32 Å². The zero-order chi connectivity index (χ0) is 9.40. The van der Waals surface area contributed by atoms with E-state index in [9.17, 15) is 4.79 Å². The molecule has 3 N–H and O–H groups in total. The number of nitrogens with one attached hydrogen (secondary N) is 1. The summed E-state index contributed by atoms with van der Waals surface area (Å²) in [5.74, 6) is -0.961. The molecule has 1 unspecified atom stereocenters. The number of aliphatic hydroxyl groups excluding tert-OH is 1. The van der Waals surface area contributed by atoms with Gasteiger partial charge in [-0.1, -0.05) is 0 Å². The molecule has 0 aromatic heterocycles. The van der Waals surface area contributed by atoms with Crippen LogP contribution >= 0.6 is 0 Å². The minimum Gasteiger partial charge on any atom is -0.479 e. The lowest BCUT2D eigenvalue weighted by Crippen LogP contribution is -2.27. The lowest BCUT2D eigenvalue weighted by Gasteiger charge is -2.08. The normalized spacial score (nSPS) is 12.8. The summed E-state index contributed by atoms with van der Waals surface area (Å²) in [6.07, 6.45) is -0.763. The molecule has 0 saturated carbocycles. The Balaban J connectivity index is 3.14. The lowest BCUT2D eigenvalue weighted by atomic mass is 10.4. The smallest absolute Gasteiger partial charge is 0.332 e. The highest BCUT2D eigenvalue weighted by atomic mass is 16.5. The topological polar surface area (TPSA) is 78.8 Å². The van der Waals surface area contributed by atoms with Crippen molar-refractivity contribution in [3.8, 4) is 0 Å². The fourth-order valence-corrected chi connectivity index (χ4v) is 0.583. The average Bonchev–Trinajstić information content (AvgIpc) is 2.03. The van der Waals surface area contributed by atoms with Gasteiger partial charge in [0, 0.05) is 13.1 Å². The Morgan fingerprint density at radius 3 is 2.75 bits per heavy atom. The Hall–Kier alpha value is -0.650. The standard InChI is InChI=1S/C7H15NO4/c1-6(7(10)11)12-5-3-8-2-4-9/h6,8-9H,2-5H2,1H3,(H,10,11). The summed E-state index contributed by atoms with van der Waals surface area (Å²) in [6.45, 7) is 2.96. The number of carboxylic acid groups (broad SMARTS) is 1. The highest BCUT2D eigenvalue weighted by Crippen LogP contribution is 1.88. The quantitative estimate of drug-likeness (QED) is 0.437. The molecule has 0 heterocycles. The number of hydrogen-bond donors (Lipinski definition) is 3. The van der Waals surface area contributed by atoms with Crippen molar-refractivity contribution in [2.75, 3.05) is 26.3 Å². The summed E-state index contributed by atoms with van der Waals surface area (Å²) < 4.78 is 4.91. The molecule has 0 aliphatic heterocycles. The van der Waals surface area contributed by atoms with E-state index in [1.165, 1.54) is 6.92 Å². The summed E-state index contributed by atoms with van der Waals surface area (Å²) >= 11 is 0. The van der Waals surface area contributed by atoms with Crippen LogP contribution in [0.4, 0.5) is 0 Å². The second kappa shape index (κ2) is 7.02. The number of rotatable bonds is 7. The molecule has 0 aromatic carbocycles. The number of ether oxygens (including phenoxy) is 1. The Kier molecular flexibility index (Phi) is 6.64. The van der Waals surface area contributed by atoms with Gasteiger partial charge in [0.05, 0.1) is 13.2 Å². The van der Waals surface area contributed by atoms with Crippen LogP contribution < -0.4 is 5.32 Å². The Bertz CT molecular complexity index is 129. The number of aliphatic carboxylic acids is 1. The van der Waals surface area contributed by atoms with Crippen LogP contribution in [-0.2, 0) is 9.53 Å². The van der Waals surface area contributed by atoms with E-state index < -0.39 is 12.1 Å². The van der Waals surface area contributed by atoms with Crippen molar-refractivity contribution in [2.24, 2.45) is 0 Å². The van der Waals surface area contributed by atoms with Gasteiger partial charge in [0.25, 0.3) is 0 Å². The summed E-state index contributed by atoms with van der Waals surface area (Å²) in [4.78, 5) is 10.2. The van der Waals surface area contributed by atoms with Crippen molar-refractivity contribution < 1.29 is 19.7 Å². The van der Waals surface area contributed by atoms with E-state index in [4.69, 9.17) is 14.9 Å². The van der Waals surface area contributed by atoms with Crippen molar-refractivity contribution in [3.05, 3.63) is 0 Å². The largest absolute Gasteiger partial charge is 0.479 e. The number of carboxylic acids is 1. The van der Waals surface area contributed by atoms with Crippen LogP contribution in [0.1, 0.15) is 6.92 Å². The van der Waals surface area contributed by atoms with Gasteiger partial charge < -0.3 is 20.3 Å². The molecule has 0 aromatic rings. The molecule has 0 saturated heterocycles. The summed E-state index contributed by atoms with van der Waals surface area (Å²) in [6, 6.07) is 0. The third-order valence-electron chi connectivity index (χ3n) is 1.28. The highest BCUT2D eigenvalue weighted by molar-refractivity contribution is 5.71. The maximum Gasteiger partial charge on any atom is 0.332 e. The predicted octanol–water partition coefficient (Wildman–Crippen LogP) is -0.942. The van der Waals surface area contributed by atoms with Gasteiger partial charge in [0.1, 0.15) is 0 Å². The molecule has 0 rings (SSSR count). The van der Waals surface area contributed by atoms with Gasteiger partial charge in [0.15, 0.2) is 6.10 Å². The molecule has 1 atom stereocenters. The molecule has 0 bridgehead atoms. The fourth-order valence-electron chi connectivity index (χ4n) is 0.583. The van der Waals surface area contributed by atoms with Crippen LogP contribution in [0.5, 0.6) is 0 Å². The van der Waals surface area contributed by atoms with Gasteiger partial charge in [-0.3, -0.25) is 0 Å². The molecule has 0 aliphatic rings. The molecule has 5 heteroatoms. The molecule has 0 amide bonds. The van der Waals surface area contributed by atoms with E-state index in [-0.39, 0.29) is 6.61 Å². The van der Waals surface area contributed by atoms with Gasteiger partial charge >= 0.3 is 5.97 Å². The average molecular weight is 177 g/mol. The van der Waals surface area contributed by atoms with Crippen molar-refractivity contribution >= 4 is 5.97 Å². The third kappa shape index (κ3) is 6.09. The lowest BCUT2D eigenvalue weighted by molar-refractivity contribution is -0.148. The first kappa shape index (κ1) is 11.4. The Labute approximate surface area is 71.3 Å². The zero-order valence-electron chi connectivity index (χ0n) is 7.12. The van der Waals surface area contributed by atoms with Gasteiger partial charge in [-0.05, 0) is 6.92 Å². The molecule has 0 fully saturated rings. The van der Waals surface area contributed by atoms with Crippen LogP contribution in [0, 0.1) is 0 Å². The van der Waals surface area contributed by atoms with E-state index in [1.807, 2.05) is 0 Å². The maximum absolute atomic E-state index is 10.2. The third-order valence-corrected chi connectivity index (χ3v) is 1.28. The maximum atomic E-state index is 10.2. The summed E-state index contributed by atoms with van der Waals surface area (Å²) in [5, 5.41) is 19.6. The fraction of sp³-hybridized carbons (Fsp3) is 0.857. The number of carbonyl (C=O) groups is 1. The van der Waals surface area contributed by atoms with E-state index in [0.29, 0.717) is 19.7 Å². The SMILES string of the molecule is CC(OCCNCCO)C(=O)O. The van der Waals surface area contributed by atoms with Crippen molar-refractivity contribution in [1.82, 2.24) is 5.32 Å². The number of aliphatic hydroxyl groups is 1. The Morgan fingerprint density at radius 1 is 1.58 bits per heavy atom. The summed E-state index contributed by atoms with van der Waals surface area (Å²) in [5.41, 5.74) is 0. The van der Waals surface area contributed by atoms with Crippen LogP contribution in [-0.4, -0.2) is 48.6 Å². The van der Waals surface area contributed by atoms with Crippen LogP contribution in [0.3, 0.4) is 0 Å². The van der Waals surface area contributed by atoms with E-state index >= 15 is 0 Å². The van der Waals surface area contributed by atoms with Gasteiger partial charge in [-0.2, -0.15) is 0 Å². The minimum atomic E-state index is -0.961. The molecule has 5 nitrogen and oxygen atoms in total. The van der Waals surface area contributed by atoms with Crippen LogP contribution in [0.15, 0.2) is 0 Å². The van der Waals surface area contributed by atoms with Crippen LogP contribution in [0.2, 0.25) is 0 Å². The first-order valence-corrected chi connectivity index (χ1v) is 3.84. The molecular weight excluding hydrogens is 162 g/mol. The molecular formula is C7H15NO4. The Morgan fingerprint density at radius 2 is 2.25 bits per heavy atom. The molecule has 72 valence electrons. The minimum absolute atomic E-state index is 0.0779. The molecule has 12 heavy (non-hydrogen) atoms. The van der Waals surface area contributed by atoms with Crippen molar-refractivity contribution in [2.45, 2.75) is 13.0 Å². The van der Waals surface area contributed by atoms with Gasteiger partial charge in [-0.25, -0.2) is 4.79 Å². The zero-order valence-corrected chi connectivity index (χ0v) is 7.12. The number of hydrogen-bond acceptors (Lipinski definition) is 4. The van der Waals surface area contributed by atoms with E-state index in [1.54, 1.807) is 0 Å². The molecule has 0 spiro atoms. The predicted molar refractivity (Wildman–Crippen MR) is 43.0 cm³/mol. The second-order valence-electron chi connectivity index (χ2n) is 2.32. The highest BCUT2D eigenvalue weighted by Gasteiger charge is 2.09. The first-order valence-electron chi connectivity index (χ1n) is 3.84. The van der Waals surface area contributed by atoms with Gasteiger partial charge in [-0.15, -0.1) is 0 Å². The monoisotopic (exact) mass is 177 g/mol. The first-order chi connectivity index (χ1) is 5.68. The summed E-state index contributed by atoms with van der Waals surface area (Å²) in [7, 11) is 0. The molecule has 0 radical (unpaired) electrons. The van der Waals surface area contributed by atoms with Crippen molar-refractivity contribution in [1.29, 1.82) is 0 Å². The van der Waals surface area contributed by atoms with E-state index in [0.717, 1.165) is 0 Å². The van der Waals surface area contributed by atoms with Crippen molar-refractivity contribution in [3.63, 3.8) is 0 Å². The second-order valence-corrected chi connectivity index (χ2v) is 2.32. The van der Waals surface area contributed by atoms with Crippen LogP contribution in [0.25, 0.3) is 0 Å². The molecule has 0 aliphatic carbocycles. The van der Waals surface area contributed by atoms with Gasteiger partial charge in [0.2, 0.25) is 0 Å².